The van der Waals surface area contributed by atoms with E-state index >= 15 is 0 Å². The Labute approximate surface area is 142 Å². The molecular weight excluding hydrogens is 312 g/mol. The van der Waals surface area contributed by atoms with E-state index in [1.54, 1.807) is 18.2 Å². The molecule has 1 N–H and O–H groups in total. The number of hydrogen-bond donors (Lipinski definition) is 1. The second kappa shape index (κ2) is 6.52. The highest BCUT2D eigenvalue weighted by Crippen LogP contribution is 2.45. The predicted molar refractivity (Wildman–Crippen MR) is 91.5 cm³/mol. The Kier molecular flexibility index (Phi) is 4.62. The van der Waals surface area contributed by atoms with Crippen LogP contribution in [-0.4, -0.2) is 29.8 Å². The molecule has 0 bridgehead atoms. The number of carbonyl (C=O) groups is 2. The van der Waals surface area contributed by atoms with Gasteiger partial charge in [0.25, 0.3) is 0 Å². The average molecular weight is 335 g/mol. The van der Waals surface area contributed by atoms with Crippen LogP contribution >= 0.6 is 11.6 Å². The fourth-order valence-corrected chi connectivity index (χ4v) is 4.04. The van der Waals surface area contributed by atoms with Crippen LogP contribution in [0.1, 0.15) is 44.1 Å². The van der Waals surface area contributed by atoms with Gasteiger partial charge in [-0.25, -0.2) is 0 Å². The number of carbonyl (C=O) groups excluding carboxylic acids is 2. The van der Waals surface area contributed by atoms with Gasteiger partial charge in [0.1, 0.15) is 6.42 Å². The van der Waals surface area contributed by atoms with Crippen molar-refractivity contribution in [2.24, 2.45) is 5.41 Å². The van der Waals surface area contributed by atoms with Crippen LogP contribution in [0.5, 0.6) is 0 Å². The summed E-state index contributed by atoms with van der Waals surface area (Å²) in [5, 5.41) is 3.40. The molecule has 1 spiro atoms. The number of nitrogens with zero attached hydrogens (tertiary/aromatic N) is 1. The molecule has 4 nitrogen and oxygen atoms in total. The number of benzene rings is 1. The first-order valence-electron chi connectivity index (χ1n) is 8.32. The van der Waals surface area contributed by atoms with Gasteiger partial charge in [-0.3, -0.25) is 9.59 Å². The molecule has 1 aromatic rings. The SMILES string of the molecule is Cc1c(Cl)cccc1NC(=O)CC(=O)N1CCC2(CCCC2)C1. The molecular formula is C18H23ClN2O2. The topological polar surface area (TPSA) is 49.4 Å². The number of halogens is 1. The molecule has 5 heteroatoms. The standard InChI is InChI=1S/C18H23ClN2O2/c1-13-14(19)5-4-6-15(13)20-16(22)11-17(23)21-10-9-18(12-21)7-2-3-8-18/h4-6H,2-3,7-12H2,1H3,(H,20,22). The van der Waals surface area contributed by atoms with Gasteiger partial charge in [-0.15, -0.1) is 0 Å². The largest absolute Gasteiger partial charge is 0.342 e. The quantitative estimate of drug-likeness (QED) is 0.855. The van der Waals surface area contributed by atoms with Gasteiger partial charge < -0.3 is 10.2 Å². The summed E-state index contributed by atoms with van der Waals surface area (Å²) in [7, 11) is 0. The van der Waals surface area contributed by atoms with Crippen LogP contribution in [0.15, 0.2) is 18.2 Å². The first-order chi connectivity index (χ1) is 11.0. The summed E-state index contributed by atoms with van der Waals surface area (Å²) >= 11 is 6.05. The molecule has 23 heavy (non-hydrogen) atoms. The van der Waals surface area contributed by atoms with Gasteiger partial charge in [0.05, 0.1) is 0 Å². The van der Waals surface area contributed by atoms with Crippen molar-refractivity contribution in [2.75, 3.05) is 18.4 Å². The summed E-state index contributed by atoms with van der Waals surface area (Å²) in [5.41, 5.74) is 1.83. The molecule has 3 rings (SSSR count). The molecule has 1 aliphatic carbocycles. The van der Waals surface area contributed by atoms with E-state index in [0.29, 0.717) is 16.1 Å². The third-order valence-electron chi connectivity index (χ3n) is 5.31. The van der Waals surface area contributed by atoms with Crippen LogP contribution in [-0.2, 0) is 9.59 Å². The van der Waals surface area contributed by atoms with E-state index in [0.717, 1.165) is 25.1 Å². The third kappa shape index (κ3) is 3.52. The van der Waals surface area contributed by atoms with Crippen LogP contribution in [0.3, 0.4) is 0 Å². The molecule has 0 atom stereocenters. The van der Waals surface area contributed by atoms with E-state index in [1.165, 1.54) is 25.7 Å². The molecule has 1 heterocycles. The first-order valence-corrected chi connectivity index (χ1v) is 8.70. The Morgan fingerprint density at radius 1 is 1.26 bits per heavy atom. The third-order valence-corrected chi connectivity index (χ3v) is 5.72. The molecule has 1 aromatic carbocycles. The summed E-state index contributed by atoms with van der Waals surface area (Å²) in [6, 6.07) is 5.37. The number of hydrogen-bond acceptors (Lipinski definition) is 2. The van der Waals surface area contributed by atoms with Gasteiger partial charge in [0.15, 0.2) is 0 Å². The van der Waals surface area contributed by atoms with E-state index in [-0.39, 0.29) is 18.2 Å². The molecule has 2 fully saturated rings. The van der Waals surface area contributed by atoms with Crippen molar-refractivity contribution in [1.82, 2.24) is 4.90 Å². The van der Waals surface area contributed by atoms with Crippen LogP contribution < -0.4 is 5.32 Å². The Morgan fingerprint density at radius 2 is 2.00 bits per heavy atom. The van der Waals surface area contributed by atoms with E-state index in [1.807, 2.05) is 11.8 Å². The van der Waals surface area contributed by atoms with Crippen molar-refractivity contribution >= 4 is 29.1 Å². The minimum absolute atomic E-state index is 0.0639. The van der Waals surface area contributed by atoms with Gasteiger partial charge in [-0.1, -0.05) is 30.5 Å². The number of amides is 2. The highest BCUT2D eigenvalue weighted by Gasteiger charge is 2.41. The molecule has 0 aromatic heterocycles. The monoisotopic (exact) mass is 334 g/mol. The second-order valence-electron chi connectivity index (χ2n) is 6.91. The van der Waals surface area contributed by atoms with Crippen molar-refractivity contribution in [3.05, 3.63) is 28.8 Å². The summed E-state index contributed by atoms with van der Waals surface area (Å²) in [6.45, 7) is 3.47. The normalized spacial score (nSPS) is 19.3. The minimum atomic E-state index is -0.271. The molecule has 1 saturated carbocycles. The summed E-state index contributed by atoms with van der Waals surface area (Å²) in [5.74, 6) is -0.335. The van der Waals surface area contributed by atoms with E-state index in [4.69, 9.17) is 11.6 Å². The molecule has 2 aliphatic rings. The summed E-state index contributed by atoms with van der Waals surface area (Å²) < 4.78 is 0. The van der Waals surface area contributed by atoms with Gasteiger partial charge in [-0.2, -0.15) is 0 Å². The predicted octanol–water partition coefficient (Wildman–Crippen LogP) is 3.77. The van der Waals surface area contributed by atoms with Crippen molar-refractivity contribution < 1.29 is 9.59 Å². The molecule has 0 unspecified atom stereocenters. The molecule has 124 valence electrons. The fraction of sp³-hybridized carbons (Fsp3) is 0.556. The molecule has 1 saturated heterocycles. The lowest BCUT2D eigenvalue weighted by molar-refractivity contribution is -0.134. The number of anilines is 1. The zero-order chi connectivity index (χ0) is 16.4. The highest BCUT2D eigenvalue weighted by molar-refractivity contribution is 6.31. The van der Waals surface area contributed by atoms with Crippen LogP contribution in [0.2, 0.25) is 5.02 Å². The van der Waals surface area contributed by atoms with Gasteiger partial charge in [-0.05, 0) is 49.3 Å². The van der Waals surface area contributed by atoms with Crippen molar-refractivity contribution in [3.8, 4) is 0 Å². The van der Waals surface area contributed by atoms with Gasteiger partial charge >= 0.3 is 0 Å². The fourth-order valence-electron chi connectivity index (χ4n) is 3.87. The van der Waals surface area contributed by atoms with E-state index < -0.39 is 0 Å². The zero-order valence-electron chi connectivity index (χ0n) is 13.5. The van der Waals surface area contributed by atoms with Gasteiger partial charge in [0.2, 0.25) is 11.8 Å². The summed E-state index contributed by atoms with van der Waals surface area (Å²) in [6.07, 6.45) is 6.00. The summed E-state index contributed by atoms with van der Waals surface area (Å²) in [4.78, 5) is 26.4. The lowest BCUT2D eigenvalue weighted by Crippen LogP contribution is -2.33. The number of likely N-dealkylation sites (tertiary alicyclic amines) is 1. The average Bonchev–Trinajstić information content (AvgIpc) is 3.14. The first kappa shape index (κ1) is 16.3. The number of rotatable bonds is 3. The van der Waals surface area contributed by atoms with E-state index in [9.17, 15) is 9.59 Å². The Bertz CT molecular complexity index is 623. The second-order valence-corrected chi connectivity index (χ2v) is 7.32. The Morgan fingerprint density at radius 3 is 2.74 bits per heavy atom. The zero-order valence-corrected chi connectivity index (χ0v) is 14.3. The molecule has 1 aliphatic heterocycles. The minimum Gasteiger partial charge on any atom is -0.342 e. The van der Waals surface area contributed by atoms with Crippen LogP contribution in [0, 0.1) is 12.3 Å². The smallest absolute Gasteiger partial charge is 0.233 e. The Hall–Kier alpha value is -1.55. The molecule has 0 radical (unpaired) electrons. The maximum absolute atomic E-state index is 12.4. The van der Waals surface area contributed by atoms with E-state index in [2.05, 4.69) is 5.32 Å². The number of nitrogens with one attached hydrogen (secondary N) is 1. The lowest BCUT2D eigenvalue weighted by Gasteiger charge is -2.23. The maximum Gasteiger partial charge on any atom is 0.233 e. The van der Waals surface area contributed by atoms with Crippen molar-refractivity contribution in [1.29, 1.82) is 0 Å². The van der Waals surface area contributed by atoms with Gasteiger partial charge in [0, 0.05) is 23.8 Å². The van der Waals surface area contributed by atoms with Crippen LogP contribution in [0.4, 0.5) is 5.69 Å². The van der Waals surface area contributed by atoms with Crippen molar-refractivity contribution in [3.63, 3.8) is 0 Å². The van der Waals surface area contributed by atoms with Crippen molar-refractivity contribution in [2.45, 2.75) is 45.4 Å². The Balaban J connectivity index is 1.56. The van der Waals surface area contributed by atoms with Crippen LogP contribution in [0.25, 0.3) is 0 Å². The maximum atomic E-state index is 12.4. The highest BCUT2D eigenvalue weighted by atomic mass is 35.5. The lowest BCUT2D eigenvalue weighted by atomic mass is 9.86. The molecule has 2 amide bonds.